The molecule has 0 bridgehead atoms. The number of nitrogens with zero attached hydrogens (tertiary/aromatic N) is 2. The number of aryl methyl sites for hydroxylation is 1. The lowest BCUT2D eigenvalue weighted by atomic mass is 9.94. The Morgan fingerprint density at radius 2 is 1.62 bits per heavy atom. The Morgan fingerprint density at radius 1 is 0.885 bits per heavy atom. The van der Waals surface area contributed by atoms with Gasteiger partial charge in [-0.25, -0.2) is 4.68 Å². The Labute approximate surface area is 152 Å². The Kier molecular flexibility index (Phi) is 3.39. The van der Waals surface area contributed by atoms with E-state index in [4.69, 9.17) is 9.84 Å². The van der Waals surface area contributed by atoms with Crippen molar-refractivity contribution in [1.29, 1.82) is 0 Å². The number of rotatable bonds is 2. The Bertz CT molecular complexity index is 1070. The predicted octanol–water partition coefficient (Wildman–Crippen LogP) is 5.33. The van der Waals surface area contributed by atoms with E-state index < -0.39 is 0 Å². The lowest BCUT2D eigenvalue weighted by Crippen LogP contribution is -2.16. The van der Waals surface area contributed by atoms with Gasteiger partial charge < -0.3 is 4.74 Å². The normalized spacial score (nSPS) is 15.0. The van der Waals surface area contributed by atoms with Crippen LogP contribution < -0.4 is 4.74 Å². The molecule has 5 rings (SSSR count). The molecule has 0 N–H and O–H groups in total. The molecule has 3 aromatic carbocycles. The van der Waals surface area contributed by atoms with Gasteiger partial charge in [0.15, 0.2) is 6.10 Å². The van der Waals surface area contributed by atoms with Crippen molar-refractivity contribution in [3.63, 3.8) is 0 Å². The first kappa shape index (κ1) is 15.0. The third-order valence-electron chi connectivity index (χ3n) is 4.82. The van der Waals surface area contributed by atoms with Crippen LogP contribution in [-0.2, 0) is 0 Å². The van der Waals surface area contributed by atoms with E-state index in [0.717, 1.165) is 33.8 Å². The van der Waals surface area contributed by atoms with E-state index in [1.165, 1.54) is 5.56 Å². The maximum atomic E-state index is 6.40. The number of fused-ring (bicyclic) bond motifs is 3. The first-order valence-electron chi connectivity index (χ1n) is 8.77. The lowest BCUT2D eigenvalue weighted by molar-refractivity contribution is 0.243. The second-order valence-corrected chi connectivity index (χ2v) is 6.60. The van der Waals surface area contributed by atoms with Gasteiger partial charge in [0.2, 0.25) is 0 Å². The average molecular weight is 338 g/mol. The molecule has 0 saturated carbocycles. The van der Waals surface area contributed by atoms with Gasteiger partial charge in [0.1, 0.15) is 5.75 Å². The van der Waals surface area contributed by atoms with E-state index in [1.54, 1.807) is 0 Å². The Hall–Kier alpha value is -3.33. The standard InChI is InChI=1S/C23H18N2O/c1-16-12-13-21-19(14-16)22-20(23(26-21)17-8-4-2-5-9-17)15-24-25(22)18-10-6-3-7-11-18/h2-15,23H,1H3. The summed E-state index contributed by atoms with van der Waals surface area (Å²) < 4.78 is 8.42. The van der Waals surface area contributed by atoms with Crippen LogP contribution in [0.25, 0.3) is 16.9 Å². The molecule has 0 aliphatic carbocycles. The molecular weight excluding hydrogens is 320 g/mol. The van der Waals surface area contributed by atoms with Crippen molar-refractivity contribution in [3.8, 4) is 22.7 Å². The molecule has 3 nitrogen and oxygen atoms in total. The van der Waals surface area contributed by atoms with Crippen LogP contribution in [-0.4, -0.2) is 9.78 Å². The predicted molar refractivity (Wildman–Crippen MR) is 103 cm³/mol. The molecule has 0 spiro atoms. The summed E-state index contributed by atoms with van der Waals surface area (Å²) in [5.41, 5.74) is 6.68. The molecule has 0 amide bonds. The van der Waals surface area contributed by atoms with Crippen molar-refractivity contribution in [3.05, 3.63) is 102 Å². The molecule has 0 radical (unpaired) electrons. The molecule has 3 heteroatoms. The van der Waals surface area contributed by atoms with Crippen LogP contribution in [0.3, 0.4) is 0 Å². The summed E-state index contributed by atoms with van der Waals surface area (Å²) >= 11 is 0. The number of benzene rings is 3. The fourth-order valence-corrected chi connectivity index (χ4v) is 3.59. The van der Waals surface area contributed by atoms with Gasteiger partial charge in [0.25, 0.3) is 0 Å². The summed E-state index contributed by atoms with van der Waals surface area (Å²) in [7, 11) is 0. The third-order valence-corrected chi connectivity index (χ3v) is 4.82. The van der Waals surface area contributed by atoms with Crippen LogP contribution in [0.5, 0.6) is 5.75 Å². The number of hydrogen-bond donors (Lipinski definition) is 0. The summed E-state index contributed by atoms with van der Waals surface area (Å²) in [6, 6.07) is 26.9. The van der Waals surface area contributed by atoms with Gasteiger partial charge >= 0.3 is 0 Å². The van der Waals surface area contributed by atoms with Crippen molar-refractivity contribution < 1.29 is 4.74 Å². The van der Waals surface area contributed by atoms with Gasteiger partial charge in [-0.2, -0.15) is 5.10 Å². The van der Waals surface area contributed by atoms with Crippen molar-refractivity contribution in [1.82, 2.24) is 9.78 Å². The van der Waals surface area contributed by atoms with Crippen LogP contribution in [0.4, 0.5) is 0 Å². The van der Waals surface area contributed by atoms with Crippen LogP contribution in [0.2, 0.25) is 0 Å². The van der Waals surface area contributed by atoms with Crippen LogP contribution >= 0.6 is 0 Å². The topological polar surface area (TPSA) is 27.1 Å². The van der Waals surface area contributed by atoms with Gasteiger partial charge in [-0.3, -0.25) is 0 Å². The molecule has 1 aliphatic rings. The van der Waals surface area contributed by atoms with Crippen molar-refractivity contribution in [2.24, 2.45) is 0 Å². The highest BCUT2D eigenvalue weighted by Crippen LogP contribution is 2.45. The molecule has 1 aromatic heterocycles. The number of para-hydroxylation sites is 1. The van der Waals surface area contributed by atoms with Crippen LogP contribution in [0.1, 0.15) is 22.8 Å². The third kappa shape index (κ3) is 2.32. The molecule has 0 saturated heterocycles. The highest BCUT2D eigenvalue weighted by atomic mass is 16.5. The molecule has 1 unspecified atom stereocenters. The summed E-state index contributed by atoms with van der Waals surface area (Å²) in [6.07, 6.45) is 1.78. The van der Waals surface area contributed by atoms with Gasteiger partial charge in [-0.15, -0.1) is 0 Å². The Morgan fingerprint density at radius 3 is 2.38 bits per heavy atom. The van der Waals surface area contributed by atoms with E-state index in [2.05, 4.69) is 49.4 Å². The minimum Gasteiger partial charge on any atom is -0.480 e. The van der Waals surface area contributed by atoms with Gasteiger partial charge in [-0.1, -0.05) is 60.2 Å². The minimum absolute atomic E-state index is 0.154. The monoisotopic (exact) mass is 338 g/mol. The molecule has 0 fully saturated rings. The zero-order valence-corrected chi connectivity index (χ0v) is 14.5. The van der Waals surface area contributed by atoms with Gasteiger partial charge in [-0.05, 0) is 36.8 Å². The fraction of sp³-hybridized carbons (Fsp3) is 0.0870. The molecule has 1 atom stereocenters. The van der Waals surface area contributed by atoms with Crippen LogP contribution in [0.15, 0.2) is 85.1 Å². The summed E-state index contributed by atoms with van der Waals surface area (Å²) in [5, 5.41) is 4.71. The van der Waals surface area contributed by atoms with E-state index in [0.29, 0.717) is 0 Å². The molecule has 26 heavy (non-hydrogen) atoms. The summed E-state index contributed by atoms with van der Waals surface area (Å²) in [4.78, 5) is 0. The number of ether oxygens (including phenoxy) is 1. The lowest BCUT2D eigenvalue weighted by Gasteiger charge is -2.27. The van der Waals surface area contributed by atoms with Gasteiger partial charge in [0.05, 0.1) is 17.6 Å². The smallest absolute Gasteiger partial charge is 0.153 e. The molecule has 4 aromatic rings. The van der Waals surface area contributed by atoms with Crippen molar-refractivity contribution in [2.45, 2.75) is 13.0 Å². The average Bonchev–Trinajstić information content (AvgIpc) is 3.14. The zero-order chi connectivity index (χ0) is 17.5. The van der Waals surface area contributed by atoms with E-state index >= 15 is 0 Å². The second-order valence-electron chi connectivity index (χ2n) is 6.60. The fourth-order valence-electron chi connectivity index (χ4n) is 3.59. The Balaban J connectivity index is 1.77. The number of aromatic nitrogens is 2. The van der Waals surface area contributed by atoms with E-state index in [9.17, 15) is 0 Å². The SMILES string of the molecule is Cc1ccc2c(c1)-c1c(cnn1-c1ccccc1)C(c1ccccc1)O2. The summed E-state index contributed by atoms with van der Waals surface area (Å²) in [5.74, 6) is 0.898. The molecule has 1 aliphatic heterocycles. The first-order valence-corrected chi connectivity index (χ1v) is 8.77. The highest BCUT2D eigenvalue weighted by Gasteiger charge is 2.31. The minimum atomic E-state index is -0.154. The maximum absolute atomic E-state index is 6.40. The molecule has 2 heterocycles. The van der Waals surface area contributed by atoms with E-state index in [-0.39, 0.29) is 6.10 Å². The quantitative estimate of drug-likeness (QED) is 0.494. The highest BCUT2D eigenvalue weighted by molar-refractivity contribution is 5.75. The van der Waals surface area contributed by atoms with E-state index in [1.807, 2.05) is 47.3 Å². The largest absolute Gasteiger partial charge is 0.480 e. The second kappa shape index (κ2) is 5.88. The zero-order valence-electron chi connectivity index (χ0n) is 14.5. The van der Waals surface area contributed by atoms with Crippen molar-refractivity contribution in [2.75, 3.05) is 0 Å². The maximum Gasteiger partial charge on any atom is 0.153 e. The first-order chi connectivity index (χ1) is 12.8. The molecule has 126 valence electrons. The van der Waals surface area contributed by atoms with Crippen molar-refractivity contribution >= 4 is 0 Å². The van der Waals surface area contributed by atoms with Crippen LogP contribution in [0, 0.1) is 6.92 Å². The van der Waals surface area contributed by atoms with Gasteiger partial charge in [0, 0.05) is 11.1 Å². The summed E-state index contributed by atoms with van der Waals surface area (Å²) in [6.45, 7) is 2.10. The number of hydrogen-bond acceptors (Lipinski definition) is 2. The molecular formula is C23H18N2O.